The van der Waals surface area contributed by atoms with Gasteiger partial charge in [-0.2, -0.15) is 18.2 Å². The van der Waals surface area contributed by atoms with E-state index in [1.54, 1.807) is 6.92 Å². The number of ether oxygens (including phenoxy) is 1. The molecular weight excluding hydrogens is 285 g/mol. The second-order valence-corrected chi connectivity index (χ2v) is 5.30. The molecule has 1 saturated heterocycles. The van der Waals surface area contributed by atoms with Crippen LogP contribution in [0.4, 0.5) is 24.9 Å². The van der Waals surface area contributed by atoms with E-state index in [2.05, 4.69) is 20.6 Å². The number of alkyl halides is 3. The number of rotatable bonds is 4. The molecule has 2 N–H and O–H groups in total. The quantitative estimate of drug-likeness (QED) is 0.895. The van der Waals surface area contributed by atoms with Crippen molar-refractivity contribution in [2.24, 2.45) is 0 Å². The smallest absolute Gasteiger partial charge is 0.376 e. The molecule has 0 amide bonds. The molecule has 0 bridgehead atoms. The molecular formula is C13H19F3N4O. The molecule has 0 aliphatic carbocycles. The SMILES string of the molecule is CCNc1nc(NC2(C)CCOC2C)cc(C(F)(F)F)n1. The predicted molar refractivity (Wildman–Crippen MR) is 73.3 cm³/mol. The molecule has 1 aliphatic rings. The van der Waals surface area contributed by atoms with Gasteiger partial charge in [-0.15, -0.1) is 0 Å². The zero-order chi connectivity index (χ0) is 15.7. The van der Waals surface area contributed by atoms with Gasteiger partial charge in [0.1, 0.15) is 5.82 Å². The van der Waals surface area contributed by atoms with Crippen LogP contribution < -0.4 is 10.6 Å². The second kappa shape index (κ2) is 5.67. The Labute approximate surface area is 121 Å². The van der Waals surface area contributed by atoms with E-state index in [9.17, 15) is 13.2 Å². The normalized spacial score (nSPS) is 25.9. The molecule has 2 atom stereocenters. The van der Waals surface area contributed by atoms with E-state index in [1.165, 1.54) is 0 Å². The largest absolute Gasteiger partial charge is 0.433 e. The number of aromatic nitrogens is 2. The van der Waals surface area contributed by atoms with Crippen LogP contribution in [0, 0.1) is 0 Å². The maximum Gasteiger partial charge on any atom is 0.433 e. The van der Waals surface area contributed by atoms with Crippen molar-refractivity contribution in [2.75, 3.05) is 23.8 Å². The van der Waals surface area contributed by atoms with Gasteiger partial charge in [-0.25, -0.2) is 4.98 Å². The van der Waals surface area contributed by atoms with E-state index in [0.717, 1.165) is 6.07 Å². The molecule has 1 aliphatic heterocycles. The maximum atomic E-state index is 12.9. The molecule has 2 unspecified atom stereocenters. The van der Waals surface area contributed by atoms with Crippen LogP contribution in [0.25, 0.3) is 0 Å². The summed E-state index contributed by atoms with van der Waals surface area (Å²) in [4.78, 5) is 7.58. The number of hydrogen-bond acceptors (Lipinski definition) is 5. The molecule has 2 rings (SSSR count). The Hall–Kier alpha value is -1.57. The third-order valence-corrected chi connectivity index (χ3v) is 3.65. The van der Waals surface area contributed by atoms with E-state index in [-0.39, 0.29) is 17.9 Å². The van der Waals surface area contributed by atoms with Gasteiger partial charge in [-0.3, -0.25) is 0 Å². The minimum Gasteiger partial charge on any atom is -0.376 e. The van der Waals surface area contributed by atoms with Crippen molar-refractivity contribution in [1.29, 1.82) is 0 Å². The van der Waals surface area contributed by atoms with Crippen molar-refractivity contribution in [2.45, 2.75) is 45.0 Å². The zero-order valence-corrected chi connectivity index (χ0v) is 12.2. The van der Waals surface area contributed by atoms with E-state index in [0.29, 0.717) is 19.6 Å². The van der Waals surface area contributed by atoms with E-state index < -0.39 is 17.4 Å². The van der Waals surface area contributed by atoms with Crippen molar-refractivity contribution >= 4 is 11.8 Å². The summed E-state index contributed by atoms with van der Waals surface area (Å²) in [6, 6.07) is 0.928. The molecule has 1 aromatic rings. The first-order valence-electron chi connectivity index (χ1n) is 6.84. The average molecular weight is 304 g/mol. The summed E-state index contributed by atoms with van der Waals surface area (Å²) in [6.07, 6.45) is -3.91. The van der Waals surface area contributed by atoms with Crippen molar-refractivity contribution in [3.8, 4) is 0 Å². The molecule has 0 radical (unpaired) electrons. The Kier molecular flexibility index (Phi) is 4.27. The number of halogens is 3. The van der Waals surface area contributed by atoms with Crippen LogP contribution in [0.2, 0.25) is 0 Å². The molecule has 0 spiro atoms. The fourth-order valence-corrected chi connectivity index (χ4v) is 2.19. The third-order valence-electron chi connectivity index (χ3n) is 3.65. The molecule has 2 heterocycles. The lowest BCUT2D eigenvalue weighted by Gasteiger charge is -2.29. The minimum absolute atomic E-state index is 0.0370. The molecule has 0 aromatic carbocycles. The van der Waals surface area contributed by atoms with Gasteiger partial charge >= 0.3 is 6.18 Å². The van der Waals surface area contributed by atoms with Gasteiger partial charge in [0, 0.05) is 19.2 Å². The Morgan fingerprint density at radius 2 is 2.14 bits per heavy atom. The fraction of sp³-hybridized carbons (Fsp3) is 0.692. The summed E-state index contributed by atoms with van der Waals surface area (Å²) < 4.78 is 44.2. The first-order valence-corrected chi connectivity index (χ1v) is 6.84. The lowest BCUT2D eigenvalue weighted by Crippen LogP contribution is -2.41. The van der Waals surface area contributed by atoms with Crippen molar-refractivity contribution < 1.29 is 17.9 Å². The van der Waals surface area contributed by atoms with Gasteiger partial charge in [0.05, 0.1) is 11.6 Å². The summed E-state index contributed by atoms with van der Waals surface area (Å²) in [7, 11) is 0. The number of hydrogen-bond donors (Lipinski definition) is 2. The van der Waals surface area contributed by atoms with Crippen molar-refractivity contribution in [3.05, 3.63) is 11.8 Å². The lowest BCUT2D eigenvalue weighted by atomic mass is 9.95. The van der Waals surface area contributed by atoms with Gasteiger partial charge in [0.25, 0.3) is 0 Å². The maximum absolute atomic E-state index is 12.9. The highest BCUT2D eigenvalue weighted by atomic mass is 19.4. The van der Waals surface area contributed by atoms with Crippen LogP contribution in [-0.2, 0) is 10.9 Å². The van der Waals surface area contributed by atoms with E-state index >= 15 is 0 Å². The van der Waals surface area contributed by atoms with Gasteiger partial charge in [-0.05, 0) is 27.2 Å². The molecule has 21 heavy (non-hydrogen) atoms. The third kappa shape index (κ3) is 3.55. The number of nitrogens with one attached hydrogen (secondary N) is 2. The highest BCUT2D eigenvalue weighted by Crippen LogP contribution is 2.33. The first-order chi connectivity index (χ1) is 9.74. The van der Waals surface area contributed by atoms with Gasteiger partial charge in [0.2, 0.25) is 5.95 Å². The Morgan fingerprint density at radius 1 is 1.43 bits per heavy atom. The summed E-state index contributed by atoms with van der Waals surface area (Å²) in [5.41, 5.74) is -1.41. The van der Waals surface area contributed by atoms with Crippen LogP contribution in [0.5, 0.6) is 0 Å². The average Bonchev–Trinajstić information content (AvgIpc) is 2.68. The fourth-order valence-electron chi connectivity index (χ4n) is 2.19. The summed E-state index contributed by atoms with van der Waals surface area (Å²) >= 11 is 0. The predicted octanol–water partition coefficient (Wildman–Crippen LogP) is 2.91. The molecule has 5 nitrogen and oxygen atoms in total. The summed E-state index contributed by atoms with van der Waals surface area (Å²) in [5.74, 6) is 0.109. The zero-order valence-electron chi connectivity index (χ0n) is 12.2. The molecule has 8 heteroatoms. The van der Waals surface area contributed by atoms with Crippen LogP contribution in [0.15, 0.2) is 6.07 Å². The summed E-state index contributed by atoms with van der Waals surface area (Å²) in [5, 5.41) is 5.78. The van der Waals surface area contributed by atoms with E-state index in [4.69, 9.17) is 4.74 Å². The van der Waals surface area contributed by atoms with Gasteiger partial charge in [-0.1, -0.05) is 0 Å². The Balaban J connectivity index is 2.32. The number of nitrogens with zero attached hydrogens (tertiary/aromatic N) is 2. The van der Waals surface area contributed by atoms with Gasteiger partial charge in [0.15, 0.2) is 5.69 Å². The summed E-state index contributed by atoms with van der Waals surface area (Å²) in [6.45, 7) is 6.58. The Morgan fingerprint density at radius 3 is 2.67 bits per heavy atom. The van der Waals surface area contributed by atoms with Crippen LogP contribution in [0.3, 0.4) is 0 Å². The monoisotopic (exact) mass is 304 g/mol. The highest BCUT2D eigenvalue weighted by Gasteiger charge is 2.38. The highest BCUT2D eigenvalue weighted by molar-refractivity contribution is 5.45. The minimum atomic E-state index is -4.51. The molecule has 118 valence electrons. The van der Waals surface area contributed by atoms with Crippen molar-refractivity contribution in [3.63, 3.8) is 0 Å². The van der Waals surface area contributed by atoms with Crippen molar-refractivity contribution in [1.82, 2.24) is 9.97 Å². The Bertz CT molecular complexity index is 509. The first kappa shape index (κ1) is 15.8. The van der Waals surface area contributed by atoms with Crippen LogP contribution in [-0.4, -0.2) is 34.8 Å². The lowest BCUT2D eigenvalue weighted by molar-refractivity contribution is -0.141. The van der Waals surface area contributed by atoms with Crippen LogP contribution in [0.1, 0.15) is 32.9 Å². The van der Waals surface area contributed by atoms with Gasteiger partial charge < -0.3 is 15.4 Å². The standard InChI is InChI=1S/C13H19F3N4O/c1-4-17-11-18-9(13(14,15)16)7-10(19-11)20-12(3)5-6-21-8(12)2/h7-8H,4-6H2,1-3H3,(H2,17,18,19,20). The molecule has 1 aromatic heterocycles. The molecule has 1 fully saturated rings. The topological polar surface area (TPSA) is 59.1 Å². The van der Waals surface area contributed by atoms with Crippen LogP contribution >= 0.6 is 0 Å². The second-order valence-electron chi connectivity index (χ2n) is 5.30. The van der Waals surface area contributed by atoms with E-state index in [1.807, 2.05) is 13.8 Å². The number of anilines is 2. The molecule has 0 saturated carbocycles.